The van der Waals surface area contributed by atoms with Gasteiger partial charge in [-0.2, -0.15) is 0 Å². The van der Waals surface area contributed by atoms with Crippen LogP contribution < -0.4 is 5.32 Å². The van der Waals surface area contributed by atoms with E-state index in [1.54, 1.807) is 38.2 Å². The molecule has 2 aromatic rings. The van der Waals surface area contributed by atoms with Crippen molar-refractivity contribution in [3.8, 4) is 0 Å². The Balaban J connectivity index is 2.30. The minimum Gasteiger partial charge on any atom is -0.481 e. The van der Waals surface area contributed by atoms with Crippen LogP contribution in [0.3, 0.4) is 0 Å². The second-order valence-corrected chi connectivity index (χ2v) is 5.28. The van der Waals surface area contributed by atoms with E-state index >= 15 is 0 Å². The van der Waals surface area contributed by atoms with Gasteiger partial charge in [-0.05, 0) is 32.0 Å². The first-order chi connectivity index (χ1) is 9.39. The maximum atomic E-state index is 12.3. The van der Waals surface area contributed by atoms with Gasteiger partial charge in [0, 0.05) is 22.7 Å². The van der Waals surface area contributed by atoms with Gasteiger partial charge in [-0.15, -0.1) is 0 Å². The van der Waals surface area contributed by atoms with Crippen molar-refractivity contribution < 1.29 is 14.7 Å². The number of pyridine rings is 1. The first kappa shape index (κ1) is 14.0. The molecule has 1 aromatic heterocycles. The van der Waals surface area contributed by atoms with Gasteiger partial charge in [-0.3, -0.25) is 14.6 Å². The Labute approximate surface area is 116 Å². The lowest BCUT2D eigenvalue weighted by molar-refractivity contribution is -0.138. The highest BCUT2D eigenvalue weighted by atomic mass is 16.4. The van der Waals surface area contributed by atoms with E-state index in [2.05, 4.69) is 10.3 Å². The SMILES string of the molecule is CC(C)(CC(=O)O)NC(=O)c1cccc2ncccc12. The van der Waals surface area contributed by atoms with Crippen LogP contribution in [0, 0.1) is 0 Å². The smallest absolute Gasteiger partial charge is 0.305 e. The van der Waals surface area contributed by atoms with Gasteiger partial charge in [0.25, 0.3) is 5.91 Å². The molecule has 5 nitrogen and oxygen atoms in total. The fourth-order valence-electron chi connectivity index (χ4n) is 2.10. The number of aromatic nitrogens is 1. The monoisotopic (exact) mass is 272 g/mol. The molecule has 1 amide bonds. The highest BCUT2D eigenvalue weighted by Gasteiger charge is 2.25. The van der Waals surface area contributed by atoms with E-state index in [0.717, 1.165) is 10.9 Å². The molecule has 0 fully saturated rings. The molecule has 0 saturated heterocycles. The van der Waals surface area contributed by atoms with Crippen LogP contribution in [0.1, 0.15) is 30.6 Å². The fourth-order valence-corrected chi connectivity index (χ4v) is 2.10. The molecule has 5 heteroatoms. The number of amides is 1. The van der Waals surface area contributed by atoms with E-state index in [4.69, 9.17) is 5.11 Å². The number of carboxylic acids is 1. The van der Waals surface area contributed by atoms with Gasteiger partial charge in [0.05, 0.1) is 11.9 Å². The summed E-state index contributed by atoms with van der Waals surface area (Å²) in [6.07, 6.45) is 1.53. The first-order valence-corrected chi connectivity index (χ1v) is 6.27. The molecule has 0 spiro atoms. The normalized spacial score (nSPS) is 11.3. The molecule has 0 radical (unpaired) electrons. The van der Waals surface area contributed by atoms with Crippen molar-refractivity contribution in [1.82, 2.24) is 10.3 Å². The lowest BCUT2D eigenvalue weighted by atomic mass is 9.99. The summed E-state index contributed by atoms with van der Waals surface area (Å²) >= 11 is 0. The number of carboxylic acid groups (broad SMARTS) is 1. The molecule has 1 heterocycles. The predicted molar refractivity (Wildman–Crippen MR) is 75.5 cm³/mol. The Morgan fingerprint density at radius 1 is 1.25 bits per heavy atom. The minimum atomic E-state index is -0.949. The van der Waals surface area contributed by atoms with Crippen molar-refractivity contribution in [2.45, 2.75) is 25.8 Å². The molecule has 104 valence electrons. The van der Waals surface area contributed by atoms with E-state index in [9.17, 15) is 9.59 Å². The third-order valence-electron chi connectivity index (χ3n) is 2.94. The van der Waals surface area contributed by atoms with Gasteiger partial charge in [-0.25, -0.2) is 0 Å². The molecular weight excluding hydrogens is 256 g/mol. The van der Waals surface area contributed by atoms with Crippen LogP contribution in [0.4, 0.5) is 0 Å². The summed E-state index contributed by atoms with van der Waals surface area (Å²) < 4.78 is 0. The Kier molecular flexibility index (Phi) is 3.70. The summed E-state index contributed by atoms with van der Waals surface area (Å²) in [6, 6.07) is 8.88. The van der Waals surface area contributed by atoms with Gasteiger partial charge < -0.3 is 10.4 Å². The van der Waals surface area contributed by atoms with Crippen molar-refractivity contribution in [3.05, 3.63) is 42.1 Å². The van der Waals surface area contributed by atoms with Crippen LogP contribution in [-0.2, 0) is 4.79 Å². The third-order valence-corrected chi connectivity index (χ3v) is 2.94. The first-order valence-electron chi connectivity index (χ1n) is 6.27. The number of aliphatic carboxylic acids is 1. The number of nitrogens with one attached hydrogen (secondary N) is 1. The quantitative estimate of drug-likeness (QED) is 0.894. The van der Waals surface area contributed by atoms with E-state index < -0.39 is 11.5 Å². The van der Waals surface area contributed by atoms with Gasteiger partial charge in [-0.1, -0.05) is 12.1 Å². The standard InChI is InChI=1S/C15H16N2O3/c1-15(2,9-13(18)19)17-14(20)11-5-3-7-12-10(11)6-4-8-16-12/h3-8H,9H2,1-2H3,(H,17,20)(H,18,19). The van der Waals surface area contributed by atoms with Crippen molar-refractivity contribution in [2.75, 3.05) is 0 Å². The molecule has 20 heavy (non-hydrogen) atoms. The lowest BCUT2D eigenvalue weighted by Gasteiger charge is -2.24. The van der Waals surface area contributed by atoms with Crippen LogP contribution in [0.25, 0.3) is 10.9 Å². The van der Waals surface area contributed by atoms with Crippen molar-refractivity contribution in [3.63, 3.8) is 0 Å². The molecule has 2 N–H and O–H groups in total. The summed E-state index contributed by atoms with van der Waals surface area (Å²) in [7, 11) is 0. The molecule has 1 aromatic carbocycles. The number of fused-ring (bicyclic) bond motifs is 1. The zero-order chi connectivity index (χ0) is 14.8. The average Bonchev–Trinajstić information content (AvgIpc) is 2.35. The number of rotatable bonds is 4. The number of nitrogens with zero attached hydrogens (tertiary/aromatic N) is 1. The molecule has 0 aliphatic heterocycles. The maximum Gasteiger partial charge on any atom is 0.305 e. The largest absolute Gasteiger partial charge is 0.481 e. The molecular formula is C15H16N2O3. The number of hydrogen-bond donors (Lipinski definition) is 2. The Morgan fingerprint density at radius 3 is 2.70 bits per heavy atom. The van der Waals surface area contributed by atoms with Crippen LogP contribution in [0.15, 0.2) is 36.5 Å². The zero-order valence-electron chi connectivity index (χ0n) is 11.4. The van der Waals surface area contributed by atoms with E-state index in [-0.39, 0.29) is 12.3 Å². The predicted octanol–water partition coefficient (Wildman–Crippen LogP) is 2.22. The maximum absolute atomic E-state index is 12.3. The third kappa shape index (κ3) is 3.12. The van der Waals surface area contributed by atoms with Crippen molar-refractivity contribution >= 4 is 22.8 Å². The Morgan fingerprint density at radius 2 is 2.00 bits per heavy atom. The second-order valence-electron chi connectivity index (χ2n) is 5.28. The second kappa shape index (κ2) is 5.28. The van der Waals surface area contributed by atoms with Gasteiger partial charge in [0.15, 0.2) is 0 Å². The summed E-state index contributed by atoms with van der Waals surface area (Å²) in [5, 5.41) is 12.3. The van der Waals surface area contributed by atoms with Gasteiger partial charge in [0.2, 0.25) is 0 Å². The van der Waals surface area contributed by atoms with Crippen LogP contribution in [-0.4, -0.2) is 27.5 Å². The topological polar surface area (TPSA) is 79.3 Å². The summed E-state index contributed by atoms with van der Waals surface area (Å²) in [6.45, 7) is 3.37. The van der Waals surface area contributed by atoms with E-state index in [0.29, 0.717) is 5.56 Å². The summed E-state index contributed by atoms with van der Waals surface area (Å²) in [5.74, 6) is -1.25. The van der Waals surface area contributed by atoms with Gasteiger partial charge >= 0.3 is 5.97 Å². The fraction of sp³-hybridized carbons (Fsp3) is 0.267. The van der Waals surface area contributed by atoms with E-state index in [1.807, 2.05) is 12.1 Å². The molecule has 0 bridgehead atoms. The molecule has 0 atom stereocenters. The highest BCUT2D eigenvalue weighted by Crippen LogP contribution is 2.18. The lowest BCUT2D eigenvalue weighted by Crippen LogP contribution is -2.45. The highest BCUT2D eigenvalue weighted by molar-refractivity contribution is 6.06. The molecule has 0 aliphatic rings. The van der Waals surface area contributed by atoms with Crippen LogP contribution >= 0.6 is 0 Å². The van der Waals surface area contributed by atoms with E-state index in [1.165, 1.54) is 0 Å². The van der Waals surface area contributed by atoms with Crippen LogP contribution in [0.5, 0.6) is 0 Å². The zero-order valence-corrected chi connectivity index (χ0v) is 11.4. The minimum absolute atomic E-state index is 0.137. The Hall–Kier alpha value is -2.43. The summed E-state index contributed by atoms with van der Waals surface area (Å²) in [4.78, 5) is 27.3. The van der Waals surface area contributed by atoms with Crippen LogP contribution in [0.2, 0.25) is 0 Å². The number of carbonyl (C=O) groups is 2. The molecule has 0 saturated carbocycles. The number of hydrogen-bond acceptors (Lipinski definition) is 3. The number of benzene rings is 1. The average molecular weight is 272 g/mol. The summed E-state index contributed by atoms with van der Waals surface area (Å²) in [5.41, 5.74) is 0.415. The van der Waals surface area contributed by atoms with Crippen molar-refractivity contribution in [1.29, 1.82) is 0 Å². The van der Waals surface area contributed by atoms with Gasteiger partial charge in [0.1, 0.15) is 0 Å². The molecule has 0 aliphatic carbocycles. The molecule has 0 unspecified atom stereocenters. The van der Waals surface area contributed by atoms with Crippen molar-refractivity contribution in [2.24, 2.45) is 0 Å². The number of carbonyl (C=O) groups excluding carboxylic acids is 1. The Bertz CT molecular complexity index is 660. The molecule has 2 rings (SSSR count).